The highest BCUT2D eigenvalue weighted by Gasteiger charge is 2.47. The lowest BCUT2D eigenvalue weighted by atomic mass is 9.67. The number of Topliss-reactive ketones (excluding diaryl/α,β-unsaturated/α-hetero) is 1. The van der Waals surface area contributed by atoms with Crippen molar-refractivity contribution >= 4 is 17.6 Å². The lowest BCUT2D eigenvalue weighted by Crippen LogP contribution is -2.53. The van der Waals surface area contributed by atoms with Crippen LogP contribution < -0.4 is 0 Å². The number of piperazine rings is 1. The number of rotatable bonds is 6. The molecule has 5 fully saturated rings. The first-order valence-corrected chi connectivity index (χ1v) is 13.5. The summed E-state index contributed by atoms with van der Waals surface area (Å²) in [5.41, 5.74) is -0.106. The smallest absolute Gasteiger partial charge is 0.228 e. The maximum absolute atomic E-state index is 13.1. The number of hydrogen-bond donors (Lipinski definition) is 0. The van der Waals surface area contributed by atoms with E-state index in [-0.39, 0.29) is 11.3 Å². The summed E-state index contributed by atoms with van der Waals surface area (Å²) in [7, 11) is 0. The summed E-state index contributed by atoms with van der Waals surface area (Å²) in [6, 6.07) is 0. The summed E-state index contributed by atoms with van der Waals surface area (Å²) in [5, 5.41) is 0. The van der Waals surface area contributed by atoms with Crippen LogP contribution in [0.1, 0.15) is 90.4 Å². The molecule has 32 heavy (non-hydrogen) atoms. The minimum atomic E-state index is -0.106. The van der Waals surface area contributed by atoms with E-state index in [0.29, 0.717) is 67.4 Å². The molecule has 2 unspecified atom stereocenters. The van der Waals surface area contributed by atoms with Crippen LogP contribution in [0.2, 0.25) is 0 Å². The first-order chi connectivity index (χ1) is 15.4. The Balaban J connectivity index is 1.06. The molecule has 0 aromatic heterocycles. The quantitative estimate of drug-likeness (QED) is 0.611. The topological polar surface area (TPSA) is 57.7 Å². The lowest BCUT2D eigenvalue weighted by molar-refractivity contribution is -0.145. The number of carbonyl (C=O) groups is 3. The van der Waals surface area contributed by atoms with E-state index >= 15 is 0 Å². The highest BCUT2D eigenvalue weighted by Crippen LogP contribution is 2.47. The van der Waals surface area contributed by atoms with Gasteiger partial charge in [0.05, 0.1) is 0 Å². The van der Waals surface area contributed by atoms with Gasteiger partial charge in [0.15, 0.2) is 0 Å². The molecule has 2 atom stereocenters. The Bertz CT molecular complexity index is 725. The molecule has 5 rings (SSSR count). The van der Waals surface area contributed by atoms with E-state index in [4.69, 9.17) is 0 Å². The number of nitrogens with zero attached hydrogens (tertiary/aromatic N) is 2. The molecule has 0 bridgehead atoms. The maximum atomic E-state index is 13.1. The van der Waals surface area contributed by atoms with Crippen molar-refractivity contribution in [3.05, 3.63) is 0 Å². The normalized spacial score (nSPS) is 34.8. The van der Waals surface area contributed by atoms with Crippen LogP contribution in [0.5, 0.6) is 0 Å². The first kappa shape index (κ1) is 22.4. The molecule has 0 spiro atoms. The molecule has 5 nitrogen and oxygen atoms in total. The molecule has 0 aromatic rings. The van der Waals surface area contributed by atoms with E-state index in [1.165, 1.54) is 25.7 Å². The predicted molar refractivity (Wildman–Crippen MR) is 124 cm³/mol. The van der Waals surface area contributed by atoms with Gasteiger partial charge < -0.3 is 9.80 Å². The molecule has 0 radical (unpaired) electrons. The molecule has 1 heterocycles. The minimum absolute atomic E-state index is 0.106. The number of hydrogen-bond acceptors (Lipinski definition) is 3. The molecule has 5 aliphatic rings. The van der Waals surface area contributed by atoms with Crippen molar-refractivity contribution in [2.45, 2.75) is 90.4 Å². The molecule has 1 aliphatic heterocycles. The monoisotopic (exact) mass is 442 g/mol. The first-order valence-electron chi connectivity index (χ1n) is 13.5. The molecule has 4 aliphatic carbocycles. The molecule has 0 aromatic carbocycles. The maximum Gasteiger partial charge on any atom is 0.228 e. The van der Waals surface area contributed by atoms with E-state index in [1.807, 2.05) is 9.80 Å². The second-order valence-electron chi connectivity index (χ2n) is 12.0. The van der Waals surface area contributed by atoms with Crippen molar-refractivity contribution in [1.82, 2.24) is 9.80 Å². The molecule has 178 valence electrons. The summed E-state index contributed by atoms with van der Waals surface area (Å²) >= 11 is 0. The Hall–Kier alpha value is -1.39. The van der Waals surface area contributed by atoms with Crippen LogP contribution in [0.25, 0.3) is 0 Å². The van der Waals surface area contributed by atoms with Crippen LogP contribution >= 0.6 is 0 Å². The summed E-state index contributed by atoms with van der Waals surface area (Å²) in [4.78, 5) is 42.4. The summed E-state index contributed by atoms with van der Waals surface area (Å²) in [6.45, 7) is 4.88. The van der Waals surface area contributed by atoms with Gasteiger partial charge in [-0.15, -0.1) is 0 Å². The van der Waals surface area contributed by atoms with Gasteiger partial charge in [0.2, 0.25) is 11.8 Å². The number of amides is 2. The van der Waals surface area contributed by atoms with E-state index in [2.05, 4.69) is 6.92 Å². The SMILES string of the molecule is CC1(C(=O)N2CCN(C(=O)C3CCC(C4CCCC(C(=O)CC5CC5)C4)CC3)CC2)CC1. The van der Waals surface area contributed by atoms with E-state index < -0.39 is 0 Å². The van der Waals surface area contributed by atoms with Crippen LogP contribution in [-0.4, -0.2) is 53.6 Å². The van der Waals surface area contributed by atoms with E-state index in [9.17, 15) is 14.4 Å². The van der Waals surface area contributed by atoms with Gasteiger partial charge in [0, 0.05) is 49.9 Å². The highest BCUT2D eigenvalue weighted by molar-refractivity contribution is 5.85. The fourth-order valence-electron chi connectivity index (χ4n) is 6.73. The third-order valence-electron chi connectivity index (χ3n) is 9.54. The molecule has 0 N–H and O–H groups in total. The summed E-state index contributed by atoms with van der Waals surface area (Å²) in [5.74, 6) is 3.79. The third kappa shape index (κ3) is 4.92. The van der Waals surface area contributed by atoms with Crippen molar-refractivity contribution in [2.75, 3.05) is 26.2 Å². The Kier molecular flexibility index (Phi) is 6.37. The van der Waals surface area contributed by atoms with Gasteiger partial charge in [0.25, 0.3) is 0 Å². The van der Waals surface area contributed by atoms with Gasteiger partial charge in [-0.3, -0.25) is 14.4 Å². The number of carbonyl (C=O) groups excluding carboxylic acids is 3. The Labute approximate surface area is 193 Å². The van der Waals surface area contributed by atoms with Crippen molar-refractivity contribution in [1.29, 1.82) is 0 Å². The van der Waals surface area contributed by atoms with Crippen molar-refractivity contribution in [3.63, 3.8) is 0 Å². The van der Waals surface area contributed by atoms with Gasteiger partial charge in [-0.05, 0) is 82.0 Å². The van der Waals surface area contributed by atoms with Gasteiger partial charge in [-0.25, -0.2) is 0 Å². The molecule has 4 saturated carbocycles. The van der Waals surface area contributed by atoms with E-state index in [1.54, 1.807) is 0 Å². The van der Waals surface area contributed by atoms with Gasteiger partial charge in [-0.1, -0.05) is 19.8 Å². The van der Waals surface area contributed by atoms with Crippen molar-refractivity contribution in [3.8, 4) is 0 Å². The molecule has 1 saturated heterocycles. The highest BCUT2D eigenvalue weighted by atomic mass is 16.2. The fraction of sp³-hybridized carbons (Fsp3) is 0.889. The molecular formula is C27H42N2O3. The molecule has 2 amide bonds. The second kappa shape index (κ2) is 9.10. The second-order valence-corrected chi connectivity index (χ2v) is 12.0. The third-order valence-corrected chi connectivity index (χ3v) is 9.54. The fourth-order valence-corrected chi connectivity index (χ4v) is 6.73. The van der Waals surface area contributed by atoms with Crippen LogP contribution in [0.15, 0.2) is 0 Å². The van der Waals surface area contributed by atoms with Crippen molar-refractivity contribution in [2.24, 2.45) is 35.0 Å². The Morgan fingerprint density at radius 2 is 1.41 bits per heavy atom. The predicted octanol–water partition coefficient (Wildman–Crippen LogP) is 4.44. The van der Waals surface area contributed by atoms with E-state index in [0.717, 1.165) is 57.8 Å². The Morgan fingerprint density at radius 3 is 2.03 bits per heavy atom. The van der Waals surface area contributed by atoms with Crippen LogP contribution in [0.3, 0.4) is 0 Å². The standard InChI is InChI=1S/C27H42N2O3/c1-27(11-12-27)26(32)29-15-13-28(14-16-29)25(31)21-9-7-20(8-10-21)22-3-2-4-23(18-22)24(30)17-19-5-6-19/h19-23H,2-18H2,1H3. The molecular weight excluding hydrogens is 400 g/mol. The minimum Gasteiger partial charge on any atom is -0.339 e. The largest absolute Gasteiger partial charge is 0.339 e. The number of ketones is 1. The van der Waals surface area contributed by atoms with Gasteiger partial charge >= 0.3 is 0 Å². The average Bonchev–Trinajstić information content (AvgIpc) is 3.77. The zero-order valence-corrected chi connectivity index (χ0v) is 20.0. The summed E-state index contributed by atoms with van der Waals surface area (Å²) in [6.07, 6.45) is 14.5. The van der Waals surface area contributed by atoms with Gasteiger partial charge in [0.1, 0.15) is 5.78 Å². The zero-order valence-electron chi connectivity index (χ0n) is 20.0. The van der Waals surface area contributed by atoms with Crippen LogP contribution in [-0.2, 0) is 14.4 Å². The molecule has 5 heteroatoms. The van der Waals surface area contributed by atoms with Gasteiger partial charge in [-0.2, -0.15) is 0 Å². The summed E-state index contributed by atoms with van der Waals surface area (Å²) < 4.78 is 0. The zero-order chi connectivity index (χ0) is 22.3. The Morgan fingerprint density at radius 1 is 0.750 bits per heavy atom. The van der Waals surface area contributed by atoms with Crippen LogP contribution in [0.4, 0.5) is 0 Å². The van der Waals surface area contributed by atoms with Crippen molar-refractivity contribution < 1.29 is 14.4 Å². The average molecular weight is 443 g/mol. The lowest BCUT2D eigenvalue weighted by Gasteiger charge is -2.40. The van der Waals surface area contributed by atoms with Crippen LogP contribution in [0, 0.1) is 35.0 Å².